The first-order valence-electron chi connectivity index (χ1n) is 20.4. The molecular formula is C48H55N2O8PSi. The molecule has 0 aromatic heterocycles. The zero-order valence-electron chi connectivity index (χ0n) is 35.3. The molecule has 60 heavy (non-hydrogen) atoms. The second-order valence-electron chi connectivity index (χ2n) is 16.7. The van der Waals surface area contributed by atoms with Gasteiger partial charge in [-0.25, -0.2) is 9.69 Å². The van der Waals surface area contributed by atoms with Crippen molar-refractivity contribution in [3.63, 3.8) is 0 Å². The number of benzene rings is 4. The summed E-state index contributed by atoms with van der Waals surface area (Å²) in [6, 6.07) is 35.5. The fraction of sp³-hybridized carbons (Fsp3) is 0.333. The molecule has 4 aromatic carbocycles. The Morgan fingerprint density at radius 1 is 0.867 bits per heavy atom. The van der Waals surface area contributed by atoms with Gasteiger partial charge in [0.2, 0.25) is 5.91 Å². The third-order valence-electron chi connectivity index (χ3n) is 11.9. The Hall–Kier alpha value is -5.35. The molecule has 10 nitrogen and oxygen atoms in total. The third kappa shape index (κ3) is 8.90. The molecule has 6 rings (SSSR count). The highest BCUT2D eigenvalue weighted by atomic mass is 31.2. The highest BCUT2D eigenvalue weighted by Gasteiger charge is 2.56. The monoisotopic (exact) mass is 846 g/mol. The molecule has 2 saturated heterocycles. The summed E-state index contributed by atoms with van der Waals surface area (Å²) in [7, 11) is -2.39. The smallest absolute Gasteiger partial charge is 0.416 e. The summed E-state index contributed by atoms with van der Waals surface area (Å²) < 4.78 is 17.4. The number of ether oxygens (including phenoxy) is 2. The molecule has 314 valence electrons. The van der Waals surface area contributed by atoms with E-state index in [9.17, 15) is 14.4 Å². The number of amides is 3. The Morgan fingerprint density at radius 2 is 1.40 bits per heavy atom. The maximum atomic E-state index is 15.2. The van der Waals surface area contributed by atoms with Crippen LogP contribution in [0.2, 0.25) is 18.1 Å². The van der Waals surface area contributed by atoms with E-state index in [1.165, 1.54) is 0 Å². The van der Waals surface area contributed by atoms with Crippen molar-refractivity contribution in [2.75, 3.05) is 19.8 Å². The van der Waals surface area contributed by atoms with Gasteiger partial charge in [0.1, 0.15) is 12.4 Å². The molecule has 2 aliphatic heterocycles. The first kappa shape index (κ1) is 44.2. The van der Waals surface area contributed by atoms with E-state index in [0.29, 0.717) is 23.2 Å². The van der Waals surface area contributed by atoms with E-state index in [1.54, 1.807) is 35.2 Å². The number of β-lactam (4-membered cyclic amide) rings is 1. The van der Waals surface area contributed by atoms with E-state index < -0.39 is 45.3 Å². The lowest BCUT2D eigenvalue weighted by atomic mass is 9.79. The number of hydrogen-bond donors (Lipinski definition) is 0. The van der Waals surface area contributed by atoms with Crippen molar-refractivity contribution >= 4 is 66.0 Å². The quantitative estimate of drug-likeness (QED) is 0.0352. The molecule has 2 aliphatic rings. The number of Topliss-reactive ketones (excluding diaryl/α,β-unsaturated/α-hetero) is 2. The number of ketones is 2. The maximum absolute atomic E-state index is 15.2. The molecule has 0 spiro atoms. The standard InChI is InChI=1S/C48H55N2O8PSi/c1-8-9-25-41(51)46(59(37-19-13-10-14-20-37,38-21-15-11-16-22-38)39-23-17-12-18-24-39)50-40(44(45(50)54)34(2)58-60(6,7)48(3,4)5)32-42(52)35-26-28-36(29-27-35)57-33-43(53)49-30-31-56-47(49)55/h8,10-24,26-29,34,40,44H,1,9,25,30-33H2,2-7H3/t34-,40+,44+/m0/s1. The maximum Gasteiger partial charge on any atom is 0.416 e. The van der Waals surface area contributed by atoms with Gasteiger partial charge in [-0.15, -0.1) is 6.58 Å². The van der Waals surface area contributed by atoms with Crippen LogP contribution in [0.4, 0.5) is 4.79 Å². The van der Waals surface area contributed by atoms with Crippen LogP contribution in [0.1, 0.15) is 57.3 Å². The van der Waals surface area contributed by atoms with E-state index in [2.05, 4.69) is 40.4 Å². The van der Waals surface area contributed by atoms with E-state index in [0.717, 1.165) is 20.8 Å². The van der Waals surface area contributed by atoms with E-state index >= 15 is 9.59 Å². The van der Waals surface area contributed by atoms with Crippen LogP contribution in [0.15, 0.2) is 128 Å². The number of imide groups is 1. The molecule has 0 saturated carbocycles. The fourth-order valence-electron chi connectivity index (χ4n) is 7.76. The van der Waals surface area contributed by atoms with Gasteiger partial charge >= 0.3 is 6.09 Å². The number of carbonyl (C=O) groups is 5. The van der Waals surface area contributed by atoms with Gasteiger partial charge in [-0.05, 0) is 71.7 Å². The summed E-state index contributed by atoms with van der Waals surface area (Å²) in [5, 5.41) is 2.59. The van der Waals surface area contributed by atoms with Crippen molar-refractivity contribution in [2.45, 2.75) is 77.2 Å². The first-order chi connectivity index (χ1) is 28.6. The predicted octanol–water partition coefficient (Wildman–Crippen LogP) is 7.51. The van der Waals surface area contributed by atoms with Crippen LogP contribution in [0.25, 0.3) is 0 Å². The third-order valence-corrected chi connectivity index (χ3v) is 20.7. The minimum absolute atomic E-state index is 0.0754. The summed E-state index contributed by atoms with van der Waals surface area (Å²) in [4.78, 5) is 71.9. The molecule has 0 radical (unpaired) electrons. The molecule has 2 heterocycles. The average molecular weight is 847 g/mol. The summed E-state index contributed by atoms with van der Waals surface area (Å²) in [5.74, 6) is -1.55. The van der Waals surface area contributed by atoms with Gasteiger partial charge in [0.05, 0.1) is 30.0 Å². The van der Waals surface area contributed by atoms with Crippen molar-refractivity contribution in [3.8, 4) is 5.75 Å². The first-order valence-corrected chi connectivity index (χ1v) is 25.1. The SMILES string of the molecule is C=CCCC(=O)C(N1C(=O)[C@H]([C@H](C)O[Si](C)(C)C(C)(C)C)[C@H]1CC(=O)c1ccc(OCC(=O)N2CCOC2=O)cc1)=P(c1ccccc1)(c1ccccc1)c1ccccc1. The predicted molar refractivity (Wildman–Crippen MR) is 240 cm³/mol. The number of allylic oxidation sites excluding steroid dienone is 1. The summed E-state index contributed by atoms with van der Waals surface area (Å²) in [6.07, 6.45) is 0.923. The summed E-state index contributed by atoms with van der Waals surface area (Å²) in [5.41, 5.74) is 0.768. The Bertz CT molecular complexity index is 2170. The van der Waals surface area contributed by atoms with Gasteiger partial charge in [-0.1, -0.05) is 118 Å². The lowest BCUT2D eigenvalue weighted by molar-refractivity contribution is -0.154. The van der Waals surface area contributed by atoms with Gasteiger partial charge in [-0.3, -0.25) is 19.2 Å². The zero-order valence-corrected chi connectivity index (χ0v) is 37.2. The molecule has 2 fully saturated rings. The van der Waals surface area contributed by atoms with E-state index in [1.807, 2.05) is 97.9 Å². The molecular weight excluding hydrogens is 792 g/mol. The molecule has 0 aliphatic carbocycles. The van der Waals surface area contributed by atoms with Gasteiger partial charge < -0.3 is 18.8 Å². The minimum atomic E-state index is -3.11. The van der Waals surface area contributed by atoms with Crippen LogP contribution in [0.5, 0.6) is 5.75 Å². The topological polar surface area (TPSA) is 120 Å². The summed E-state index contributed by atoms with van der Waals surface area (Å²) in [6.45, 7) is 13.4. The Kier molecular flexibility index (Phi) is 13.6. The highest BCUT2D eigenvalue weighted by molar-refractivity contribution is 7.96. The second-order valence-corrected chi connectivity index (χ2v) is 24.8. The van der Waals surface area contributed by atoms with Crippen molar-refractivity contribution in [2.24, 2.45) is 5.92 Å². The van der Waals surface area contributed by atoms with Crippen LogP contribution < -0.4 is 20.7 Å². The molecule has 12 heteroatoms. The van der Waals surface area contributed by atoms with Crippen molar-refractivity contribution in [1.82, 2.24) is 9.80 Å². The van der Waals surface area contributed by atoms with Crippen LogP contribution in [-0.2, 0) is 23.5 Å². The molecule has 0 N–H and O–H groups in total. The molecule has 4 aromatic rings. The number of likely N-dealkylation sites (tertiary alicyclic amines) is 1. The van der Waals surface area contributed by atoms with E-state index in [-0.39, 0.29) is 55.1 Å². The van der Waals surface area contributed by atoms with Crippen molar-refractivity contribution < 1.29 is 37.9 Å². The van der Waals surface area contributed by atoms with Crippen LogP contribution in [0, 0.1) is 5.92 Å². The fourth-order valence-corrected chi connectivity index (χ4v) is 13.7. The Morgan fingerprint density at radius 3 is 1.87 bits per heavy atom. The van der Waals surface area contributed by atoms with Crippen molar-refractivity contribution in [3.05, 3.63) is 133 Å². The minimum Gasteiger partial charge on any atom is -0.484 e. The van der Waals surface area contributed by atoms with Gasteiger partial charge in [0.25, 0.3) is 5.91 Å². The number of hydrogen-bond acceptors (Lipinski definition) is 8. The van der Waals surface area contributed by atoms with Gasteiger partial charge in [0, 0.05) is 25.3 Å². The van der Waals surface area contributed by atoms with Crippen LogP contribution in [0.3, 0.4) is 0 Å². The Balaban J connectivity index is 1.49. The second kappa shape index (κ2) is 18.5. The number of cyclic esters (lactones) is 1. The highest BCUT2D eigenvalue weighted by Crippen LogP contribution is 2.51. The average Bonchev–Trinajstić information content (AvgIpc) is 3.68. The number of rotatable bonds is 17. The van der Waals surface area contributed by atoms with Crippen molar-refractivity contribution in [1.29, 1.82) is 0 Å². The lowest BCUT2D eigenvalue weighted by Gasteiger charge is -2.53. The Labute approximate surface area is 354 Å². The van der Waals surface area contributed by atoms with Crippen LogP contribution in [-0.4, -0.2) is 84.9 Å². The number of carbonyl (C=O) groups excluding carboxylic acids is 5. The zero-order chi connectivity index (χ0) is 43.2. The number of nitrogens with zero attached hydrogens (tertiary/aromatic N) is 2. The molecule has 0 unspecified atom stereocenters. The van der Waals surface area contributed by atoms with Gasteiger partial charge in [-0.2, -0.15) is 0 Å². The lowest BCUT2D eigenvalue weighted by Crippen LogP contribution is -2.69. The molecule has 3 atom stereocenters. The summed E-state index contributed by atoms with van der Waals surface area (Å²) >= 11 is 0. The molecule has 0 bridgehead atoms. The van der Waals surface area contributed by atoms with Crippen LogP contribution >= 0.6 is 6.89 Å². The largest absolute Gasteiger partial charge is 0.484 e. The molecule has 3 amide bonds. The van der Waals surface area contributed by atoms with E-state index in [4.69, 9.17) is 13.9 Å². The van der Waals surface area contributed by atoms with Gasteiger partial charge in [0.15, 0.2) is 26.5 Å². The normalized spacial score (nSPS) is 17.4.